The zero-order chi connectivity index (χ0) is 9.68. The van der Waals surface area contributed by atoms with Crippen LogP contribution in [0.2, 0.25) is 5.02 Å². The number of alkyl halides is 1. The molecule has 0 fully saturated rings. The lowest BCUT2D eigenvalue weighted by Crippen LogP contribution is -2.16. The fourth-order valence-electron chi connectivity index (χ4n) is 0.981. The van der Waals surface area contributed by atoms with Gasteiger partial charge in [-0.15, -0.1) is 0 Å². The predicted octanol–water partition coefficient (Wildman–Crippen LogP) is 2.96. The summed E-state index contributed by atoms with van der Waals surface area (Å²) in [6, 6.07) is 4.71. The third-order valence-electron chi connectivity index (χ3n) is 1.63. The van der Waals surface area contributed by atoms with E-state index in [0.29, 0.717) is 17.1 Å². The van der Waals surface area contributed by atoms with Gasteiger partial charge in [-0.2, -0.15) is 0 Å². The van der Waals surface area contributed by atoms with Crippen LogP contribution in [0.1, 0.15) is 5.56 Å². The summed E-state index contributed by atoms with van der Waals surface area (Å²) in [4.78, 5) is 0. The van der Waals surface area contributed by atoms with Crippen LogP contribution in [-0.4, -0.2) is 11.9 Å². The summed E-state index contributed by atoms with van der Waals surface area (Å²) in [6.45, 7) is 1.27. The Labute approximate surface area is 90.4 Å². The van der Waals surface area contributed by atoms with Gasteiger partial charge >= 0.3 is 0 Å². The molecule has 1 nitrogen and oxygen atoms in total. The zero-order valence-corrected chi connectivity index (χ0v) is 9.33. The van der Waals surface area contributed by atoms with Gasteiger partial charge in [-0.25, -0.2) is 4.39 Å². The second-order valence-electron chi connectivity index (χ2n) is 2.57. The smallest absolute Gasteiger partial charge is 0.129 e. The summed E-state index contributed by atoms with van der Waals surface area (Å²) in [5.74, 6) is -0.255. The quantitative estimate of drug-likeness (QED) is 0.653. The highest BCUT2D eigenvalue weighted by Gasteiger charge is 2.04. The molecule has 13 heavy (non-hydrogen) atoms. The molecule has 0 atom stereocenters. The molecule has 0 heterocycles. The van der Waals surface area contributed by atoms with Crippen LogP contribution in [0, 0.1) is 5.82 Å². The van der Waals surface area contributed by atoms with Crippen molar-refractivity contribution >= 4 is 27.5 Å². The molecule has 0 spiro atoms. The summed E-state index contributed by atoms with van der Waals surface area (Å²) >= 11 is 9.09. The minimum atomic E-state index is -0.255. The summed E-state index contributed by atoms with van der Waals surface area (Å²) in [5.41, 5.74) is 0.533. The SMILES string of the molecule is Fc1cccc(Cl)c1CNCCBr. The number of halogens is 3. The lowest BCUT2D eigenvalue weighted by Gasteiger charge is -2.05. The normalized spacial score (nSPS) is 10.4. The largest absolute Gasteiger partial charge is 0.312 e. The van der Waals surface area contributed by atoms with Crippen molar-refractivity contribution in [2.75, 3.05) is 11.9 Å². The fourth-order valence-corrected chi connectivity index (χ4v) is 1.49. The second kappa shape index (κ2) is 5.58. The van der Waals surface area contributed by atoms with E-state index in [0.717, 1.165) is 11.9 Å². The molecule has 4 heteroatoms. The Balaban J connectivity index is 2.64. The van der Waals surface area contributed by atoms with E-state index in [4.69, 9.17) is 11.6 Å². The van der Waals surface area contributed by atoms with Crippen LogP contribution >= 0.6 is 27.5 Å². The van der Waals surface area contributed by atoms with Crippen molar-refractivity contribution in [2.24, 2.45) is 0 Å². The molecule has 0 saturated heterocycles. The number of benzene rings is 1. The molecule has 1 rings (SSSR count). The molecule has 0 amide bonds. The Hall–Kier alpha value is -0.120. The average molecular weight is 267 g/mol. The highest BCUT2D eigenvalue weighted by molar-refractivity contribution is 9.09. The average Bonchev–Trinajstić information content (AvgIpc) is 2.10. The second-order valence-corrected chi connectivity index (χ2v) is 3.77. The molecule has 0 aliphatic carbocycles. The molecular formula is C9H10BrClFN. The van der Waals surface area contributed by atoms with Crippen LogP contribution in [0.5, 0.6) is 0 Å². The predicted molar refractivity (Wildman–Crippen MR) is 56.9 cm³/mol. The number of nitrogens with one attached hydrogen (secondary N) is 1. The van der Waals surface area contributed by atoms with Gasteiger partial charge in [0, 0.05) is 29.0 Å². The van der Waals surface area contributed by atoms with E-state index in [-0.39, 0.29) is 5.82 Å². The van der Waals surface area contributed by atoms with Crippen molar-refractivity contribution < 1.29 is 4.39 Å². The van der Waals surface area contributed by atoms with Crippen molar-refractivity contribution in [1.29, 1.82) is 0 Å². The van der Waals surface area contributed by atoms with Crippen LogP contribution in [0.25, 0.3) is 0 Å². The first-order valence-corrected chi connectivity index (χ1v) is 5.45. The van der Waals surface area contributed by atoms with E-state index in [1.807, 2.05) is 0 Å². The van der Waals surface area contributed by atoms with E-state index >= 15 is 0 Å². The molecule has 0 aliphatic heterocycles. The van der Waals surface area contributed by atoms with Gasteiger partial charge < -0.3 is 5.32 Å². The van der Waals surface area contributed by atoms with Gasteiger partial charge in [0.05, 0.1) is 0 Å². The van der Waals surface area contributed by atoms with E-state index in [1.54, 1.807) is 12.1 Å². The monoisotopic (exact) mass is 265 g/mol. The van der Waals surface area contributed by atoms with Gasteiger partial charge in [-0.1, -0.05) is 33.6 Å². The van der Waals surface area contributed by atoms with Crippen LogP contribution in [0.3, 0.4) is 0 Å². The summed E-state index contributed by atoms with van der Waals surface area (Å²) in [5, 5.41) is 4.38. The third-order valence-corrected chi connectivity index (χ3v) is 2.39. The van der Waals surface area contributed by atoms with Gasteiger partial charge in [0.1, 0.15) is 5.82 Å². The molecule has 0 aliphatic rings. The van der Waals surface area contributed by atoms with Crippen LogP contribution in [0.15, 0.2) is 18.2 Å². The Kier molecular flexibility index (Phi) is 4.70. The van der Waals surface area contributed by atoms with E-state index in [2.05, 4.69) is 21.2 Å². The van der Waals surface area contributed by atoms with E-state index in [9.17, 15) is 4.39 Å². The molecule has 0 radical (unpaired) electrons. The van der Waals surface area contributed by atoms with Gasteiger partial charge in [-0.05, 0) is 12.1 Å². The van der Waals surface area contributed by atoms with Crippen molar-refractivity contribution in [3.63, 3.8) is 0 Å². The van der Waals surface area contributed by atoms with Crippen molar-refractivity contribution in [3.8, 4) is 0 Å². The summed E-state index contributed by atoms with van der Waals surface area (Å²) in [7, 11) is 0. The van der Waals surface area contributed by atoms with Crippen molar-refractivity contribution in [2.45, 2.75) is 6.54 Å². The van der Waals surface area contributed by atoms with Gasteiger partial charge in [0.15, 0.2) is 0 Å². The minimum Gasteiger partial charge on any atom is -0.312 e. The Morgan fingerprint density at radius 1 is 1.46 bits per heavy atom. The maximum absolute atomic E-state index is 13.1. The lowest BCUT2D eigenvalue weighted by molar-refractivity contribution is 0.594. The molecule has 1 aromatic carbocycles. The van der Waals surface area contributed by atoms with Gasteiger partial charge in [0.2, 0.25) is 0 Å². The summed E-state index contributed by atoms with van der Waals surface area (Å²) in [6.07, 6.45) is 0. The van der Waals surface area contributed by atoms with Crippen molar-refractivity contribution in [1.82, 2.24) is 5.32 Å². The Bertz CT molecular complexity index is 260. The standard InChI is InChI=1S/C9H10BrClFN/c10-4-5-13-6-7-8(11)2-1-3-9(7)12/h1-3,13H,4-6H2. The first kappa shape index (κ1) is 11.0. The number of hydrogen-bond donors (Lipinski definition) is 1. The lowest BCUT2D eigenvalue weighted by atomic mass is 10.2. The van der Waals surface area contributed by atoms with Gasteiger partial charge in [-0.3, -0.25) is 0 Å². The number of rotatable bonds is 4. The first-order chi connectivity index (χ1) is 6.25. The van der Waals surface area contributed by atoms with Crippen molar-refractivity contribution in [3.05, 3.63) is 34.6 Å². The molecule has 0 saturated carbocycles. The topological polar surface area (TPSA) is 12.0 Å². The fraction of sp³-hybridized carbons (Fsp3) is 0.333. The molecule has 1 N–H and O–H groups in total. The highest BCUT2D eigenvalue weighted by atomic mass is 79.9. The van der Waals surface area contributed by atoms with Gasteiger partial charge in [0.25, 0.3) is 0 Å². The molecule has 72 valence electrons. The van der Waals surface area contributed by atoms with E-state index in [1.165, 1.54) is 6.07 Å². The molecule has 0 aromatic heterocycles. The van der Waals surface area contributed by atoms with Crippen LogP contribution in [0.4, 0.5) is 4.39 Å². The summed E-state index contributed by atoms with van der Waals surface area (Å²) < 4.78 is 13.1. The zero-order valence-electron chi connectivity index (χ0n) is 6.99. The third kappa shape index (κ3) is 3.25. The number of hydrogen-bond acceptors (Lipinski definition) is 1. The maximum Gasteiger partial charge on any atom is 0.129 e. The Morgan fingerprint density at radius 2 is 2.23 bits per heavy atom. The molecule has 1 aromatic rings. The Morgan fingerprint density at radius 3 is 2.85 bits per heavy atom. The van der Waals surface area contributed by atoms with Crippen LogP contribution < -0.4 is 5.32 Å². The molecule has 0 unspecified atom stereocenters. The van der Waals surface area contributed by atoms with E-state index < -0.39 is 0 Å². The molecule has 0 bridgehead atoms. The maximum atomic E-state index is 13.1. The van der Waals surface area contributed by atoms with Crippen LogP contribution in [-0.2, 0) is 6.54 Å². The minimum absolute atomic E-state index is 0.255. The highest BCUT2D eigenvalue weighted by Crippen LogP contribution is 2.18. The first-order valence-electron chi connectivity index (χ1n) is 3.95. The molecular weight excluding hydrogens is 256 g/mol.